The van der Waals surface area contributed by atoms with Gasteiger partial charge in [-0.05, 0) is 6.42 Å². The van der Waals surface area contributed by atoms with Crippen LogP contribution in [0.1, 0.15) is 24.4 Å². The Hall–Kier alpha value is -1.56. The minimum atomic E-state index is -1.06. The summed E-state index contributed by atoms with van der Waals surface area (Å²) in [5.41, 5.74) is 5.16. The van der Waals surface area contributed by atoms with E-state index < -0.39 is 23.6 Å². The van der Waals surface area contributed by atoms with Crippen molar-refractivity contribution in [1.29, 1.82) is 0 Å². The summed E-state index contributed by atoms with van der Waals surface area (Å²) in [6.07, 6.45) is 1.44. The van der Waals surface area contributed by atoms with Gasteiger partial charge in [-0.25, -0.2) is 8.78 Å². The van der Waals surface area contributed by atoms with Crippen LogP contribution in [0.3, 0.4) is 0 Å². The standard InChI is InChI=1S/C9H10F2N2O2/c10-5-3-13-4-6(11)9(5)7(12)1-2-8(14)15/h3-4,7H,1-2,12H2,(H,14,15). The first-order chi connectivity index (χ1) is 7.02. The molecule has 0 aliphatic heterocycles. The van der Waals surface area contributed by atoms with E-state index in [2.05, 4.69) is 4.98 Å². The molecule has 0 fully saturated rings. The normalized spacial score (nSPS) is 12.5. The van der Waals surface area contributed by atoms with Crippen LogP contribution < -0.4 is 5.73 Å². The zero-order valence-electron chi connectivity index (χ0n) is 7.78. The summed E-state index contributed by atoms with van der Waals surface area (Å²) in [5, 5.41) is 8.39. The molecule has 1 aromatic heterocycles. The third kappa shape index (κ3) is 2.95. The number of carboxylic acids is 1. The van der Waals surface area contributed by atoms with Crippen LogP contribution in [0.5, 0.6) is 0 Å². The van der Waals surface area contributed by atoms with E-state index in [-0.39, 0.29) is 18.4 Å². The lowest BCUT2D eigenvalue weighted by molar-refractivity contribution is -0.137. The summed E-state index contributed by atoms with van der Waals surface area (Å²) in [7, 11) is 0. The second-order valence-corrected chi connectivity index (χ2v) is 3.06. The van der Waals surface area contributed by atoms with Crippen LogP contribution in [0, 0.1) is 11.6 Å². The number of nitrogens with zero attached hydrogens (tertiary/aromatic N) is 1. The Morgan fingerprint density at radius 3 is 2.47 bits per heavy atom. The molecule has 1 aromatic rings. The minimum absolute atomic E-state index is 0.0206. The molecule has 0 radical (unpaired) electrons. The largest absolute Gasteiger partial charge is 0.481 e. The maximum absolute atomic E-state index is 13.1. The SMILES string of the molecule is NC(CCC(=O)O)c1c(F)cncc1F. The molecule has 0 saturated carbocycles. The highest BCUT2D eigenvalue weighted by atomic mass is 19.1. The van der Waals surface area contributed by atoms with Crippen molar-refractivity contribution >= 4 is 5.97 Å². The van der Waals surface area contributed by atoms with Crippen molar-refractivity contribution in [2.24, 2.45) is 5.73 Å². The average molecular weight is 216 g/mol. The molecule has 0 amide bonds. The average Bonchev–Trinajstić information content (AvgIpc) is 2.14. The maximum atomic E-state index is 13.1. The summed E-state index contributed by atoms with van der Waals surface area (Å²) in [4.78, 5) is 13.5. The van der Waals surface area contributed by atoms with E-state index in [1.165, 1.54) is 0 Å². The Balaban J connectivity index is 2.81. The lowest BCUT2D eigenvalue weighted by atomic mass is 10.0. The number of rotatable bonds is 4. The van der Waals surface area contributed by atoms with Crippen LogP contribution >= 0.6 is 0 Å². The first kappa shape index (κ1) is 11.5. The Bertz CT molecular complexity index is 351. The van der Waals surface area contributed by atoms with E-state index in [0.29, 0.717) is 0 Å². The van der Waals surface area contributed by atoms with E-state index in [0.717, 1.165) is 12.4 Å². The molecule has 4 nitrogen and oxygen atoms in total. The summed E-state index contributed by atoms with van der Waals surface area (Å²) >= 11 is 0. The molecule has 1 rings (SSSR count). The number of aromatic nitrogens is 1. The second-order valence-electron chi connectivity index (χ2n) is 3.06. The van der Waals surface area contributed by atoms with Gasteiger partial charge in [0.05, 0.1) is 12.4 Å². The van der Waals surface area contributed by atoms with Crippen molar-refractivity contribution in [2.45, 2.75) is 18.9 Å². The summed E-state index contributed by atoms with van der Waals surface area (Å²) in [6.45, 7) is 0. The number of hydrogen-bond donors (Lipinski definition) is 2. The summed E-state index contributed by atoms with van der Waals surface area (Å²) < 4.78 is 26.2. The van der Waals surface area contributed by atoms with Gasteiger partial charge in [0, 0.05) is 18.0 Å². The molecule has 0 saturated heterocycles. The zero-order valence-corrected chi connectivity index (χ0v) is 7.78. The Kier molecular flexibility index (Phi) is 3.68. The summed E-state index contributed by atoms with van der Waals surface area (Å²) in [6, 6.07) is -0.968. The van der Waals surface area contributed by atoms with Gasteiger partial charge in [-0.3, -0.25) is 9.78 Å². The van der Waals surface area contributed by atoms with Gasteiger partial charge in [-0.1, -0.05) is 0 Å². The van der Waals surface area contributed by atoms with E-state index in [9.17, 15) is 13.6 Å². The van der Waals surface area contributed by atoms with E-state index in [1.54, 1.807) is 0 Å². The van der Waals surface area contributed by atoms with E-state index in [4.69, 9.17) is 10.8 Å². The molecule has 15 heavy (non-hydrogen) atoms. The van der Waals surface area contributed by atoms with Gasteiger partial charge in [0.2, 0.25) is 0 Å². The number of nitrogens with two attached hydrogens (primary N) is 1. The van der Waals surface area contributed by atoms with Crippen LogP contribution in [0.4, 0.5) is 8.78 Å². The highest BCUT2D eigenvalue weighted by molar-refractivity contribution is 5.66. The molecule has 0 aromatic carbocycles. The molecular formula is C9H10F2N2O2. The number of carboxylic acid groups (broad SMARTS) is 1. The zero-order chi connectivity index (χ0) is 11.4. The smallest absolute Gasteiger partial charge is 0.303 e. The molecule has 1 atom stereocenters. The molecule has 1 heterocycles. The number of pyridine rings is 1. The number of hydrogen-bond acceptors (Lipinski definition) is 3. The molecule has 6 heteroatoms. The first-order valence-electron chi connectivity index (χ1n) is 4.28. The van der Waals surface area contributed by atoms with Crippen molar-refractivity contribution in [1.82, 2.24) is 4.98 Å². The Labute approximate surface area is 84.7 Å². The third-order valence-electron chi connectivity index (χ3n) is 1.93. The van der Waals surface area contributed by atoms with Crippen LogP contribution in [0.2, 0.25) is 0 Å². The summed E-state index contributed by atoms with van der Waals surface area (Å²) in [5.74, 6) is -2.76. The number of carbonyl (C=O) groups is 1. The predicted octanol–water partition coefficient (Wildman–Crippen LogP) is 1.22. The highest BCUT2D eigenvalue weighted by Gasteiger charge is 2.17. The van der Waals surface area contributed by atoms with Gasteiger partial charge in [0.1, 0.15) is 11.6 Å². The lowest BCUT2D eigenvalue weighted by Gasteiger charge is -2.11. The molecule has 0 aliphatic rings. The van der Waals surface area contributed by atoms with Gasteiger partial charge in [0.25, 0.3) is 0 Å². The van der Waals surface area contributed by atoms with Gasteiger partial charge < -0.3 is 10.8 Å². The van der Waals surface area contributed by atoms with Crippen LogP contribution in [0.15, 0.2) is 12.4 Å². The number of halogens is 2. The van der Waals surface area contributed by atoms with Crippen LogP contribution in [-0.4, -0.2) is 16.1 Å². The number of aliphatic carboxylic acids is 1. The quantitative estimate of drug-likeness (QED) is 0.793. The maximum Gasteiger partial charge on any atom is 0.303 e. The molecular weight excluding hydrogens is 206 g/mol. The van der Waals surface area contributed by atoms with Crippen LogP contribution in [-0.2, 0) is 4.79 Å². The highest BCUT2D eigenvalue weighted by Crippen LogP contribution is 2.21. The van der Waals surface area contributed by atoms with Crippen molar-refractivity contribution in [3.05, 3.63) is 29.6 Å². The fourth-order valence-electron chi connectivity index (χ4n) is 1.20. The van der Waals surface area contributed by atoms with Crippen molar-refractivity contribution in [3.63, 3.8) is 0 Å². The molecule has 0 aliphatic carbocycles. The molecule has 0 bridgehead atoms. The fraction of sp³-hybridized carbons (Fsp3) is 0.333. The van der Waals surface area contributed by atoms with Gasteiger partial charge in [0.15, 0.2) is 0 Å². The van der Waals surface area contributed by atoms with E-state index in [1.807, 2.05) is 0 Å². The van der Waals surface area contributed by atoms with E-state index >= 15 is 0 Å². The van der Waals surface area contributed by atoms with Gasteiger partial charge in [-0.15, -0.1) is 0 Å². The Morgan fingerprint density at radius 1 is 1.47 bits per heavy atom. The van der Waals surface area contributed by atoms with Gasteiger partial charge in [-0.2, -0.15) is 0 Å². The van der Waals surface area contributed by atoms with Crippen molar-refractivity contribution < 1.29 is 18.7 Å². The molecule has 82 valence electrons. The second kappa shape index (κ2) is 4.79. The lowest BCUT2D eigenvalue weighted by Crippen LogP contribution is -2.16. The predicted molar refractivity (Wildman–Crippen MR) is 48.0 cm³/mol. The fourth-order valence-corrected chi connectivity index (χ4v) is 1.20. The third-order valence-corrected chi connectivity index (χ3v) is 1.93. The van der Waals surface area contributed by atoms with Crippen molar-refractivity contribution in [2.75, 3.05) is 0 Å². The van der Waals surface area contributed by atoms with Crippen molar-refractivity contribution in [3.8, 4) is 0 Å². The topological polar surface area (TPSA) is 76.2 Å². The Morgan fingerprint density at radius 2 is 2.00 bits per heavy atom. The molecule has 1 unspecified atom stereocenters. The first-order valence-corrected chi connectivity index (χ1v) is 4.28. The molecule has 3 N–H and O–H groups in total. The monoisotopic (exact) mass is 216 g/mol. The minimum Gasteiger partial charge on any atom is -0.481 e. The van der Waals surface area contributed by atoms with Gasteiger partial charge >= 0.3 is 5.97 Å². The van der Waals surface area contributed by atoms with Crippen LogP contribution in [0.25, 0.3) is 0 Å². The molecule has 0 spiro atoms.